The number of carbonyl (C=O) groups is 3. The fourth-order valence-corrected chi connectivity index (χ4v) is 1.58. The van der Waals surface area contributed by atoms with Crippen LogP contribution in [-0.2, 0) is 14.4 Å². The summed E-state index contributed by atoms with van der Waals surface area (Å²) in [5.74, 6) is -1.19. The van der Waals surface area contributed by atoms with Crippen LogP contribution in [0.4, 0.5) is 0 Å². The summed E-state index contributed by atoms with van der Waals surface area (Å²) >= 11 is 0. The van der Waals surface area contributed by atoms with Gasteiger partial charge in [0.2, 0.25) is 11.8 Å². The van der Waals surface area contributed by atoms with Gasteiger partial charge in [-0.15, -0.1) is 0 Å². The molecule has 3 amide bonds. The van der Waals surface area contributed by atoms with E-state index in [1.807, 2.05) is 0 Å². The normalized spacial score (nSPS) is 20.0. The van der Waals surface area contributed by atoms with Gasteiger partial charge in [0.05, 0.1) is 0 Å². The molecule has 2 N–H and O–H groups in total. The highest BCUT2D eigenvalue weighted by molar-refractivity contribution is 6.04. The quantitative estimate of drug-likeness (QED) is 0.435. The molecule has 1 fully saturated rings. The molecule has 1 rings (SSSR count). The molecule has 0 bridgehead atoms. The average Bonchev–Trinajstić information content (AvgIpc) is 2.37. The zero-order valence-electron chi connectivity index (χ0n) is 10.5. The predicted molar refractivity (Wildman–Crippen MR) is 71.9 cm³/mol. The van der Waals surface area contributed by atoms with Crippen molar-refractivity contribution in [2.45, 2.75) is 18.9 Å². The molecule has 0 radical (unpaired) electrons. The van der Waals surface area contributed by atoms with E-state index in [1.165, 1.54) is 18.2 Å². The zero-order valence-corrected chi connectivity index (χ0v) is 10.5. The van der Waals surface area contributed by atoms with Crippen LogP contribution in [0.2, 0.25) is 0 Å². The maximum absolute atomic E-state index is 12.0. The van der Waals surface area contributed by atoms with Crippen LogP contribution in [0.3, 0.4) is 0 Å². The summed E-state index contributed by atoms with van der Waals surface area (Å²) < 4.78 is 0. The molecule has 0 spiro atoms. The molecule has 100 valence electrons. The van der Waals surface area contributed by atoms with E-state index in [4.69, 9.17) is 0 Å². The monoisotopic (exact) mass is 260 g/mol. The van der Waals surface area contributed by atoms with Gasteiger partial charge in [0.1, 0.15) is 6.04 Å². The summed E-state index contributed by atoms with van der Waals surface area (Å²) in [4.78, 5) is 34.5. The Morgan fingerprint density at radius 2 is 2.05 bits per heavy atom. The first-order valence-corrected chi connectivity index (χ1v) is 5.85. The minimum absolute atomic E-state index is 0.222. The van der Waals surface area contributed by atoms with Crippen LogP contribution in [0.1, 0.15) is 12.8 Å². The molecular weight excluding hydrogens is 244 g/mol. The van der Waals surface area contributed by atoms with Crippen molar-refractivity contribution >= 4 is 17.7 Å². The van der Waals surface area contributed by atoms with Crippen LogP contribution in [0.15, 0.2) is 49.1 Å². The van der Waals surface area contributed by atoms with Gasteiger partial charge in [0.25, 0.3) is 5.91 Å². The third-order valence-electron chi connectivity index (χ3n) is 2.52. The first-order chi connectivity index (χ1) is 9.08. The molecule has 0 aromatic rings. The molecule has 1 aliphatic heterocycles. The summed E-state index contributed by atoms with van der Waals surface area (Å²) in [7, 11) is 0. The molecule has 0 aromatic carbocycles. The highest BCUT2D eigenvalue weighted by atomic mass is 16.2. The van der Waals surface area contributed by atoms with Crippen LogP contribution in [0.25, 0.3) is 0 Å². The predicted octanol–water partition coefficient (Wildman–Crippen LogP) is 0.762. The first-order valence-electron chi connectivity index (χ1n) is 5.85. The Kier molecular flexibility index (Phi) is 5.47. The molecule has 19 heavy (non-hydrogen) atoms. The Labute approximate surface area is 111 Å². The number of carbonyl (C=O) groups excluding carboxylic acids is 3. The van der Waals surface area contributed by atoms with Gasteiger partial charge in [-0.1, -0.05) is 37.5 Å². The first kappa shape index (κ1) is 14.6. The molecule has 5 nitrogen and oxygen atoms in total. The maximum Gasteiger partial charge on any atom is 0.251 e. The Hall–Kier alpha value is -2.43. The number of allylic oxidation sites excluding steroid dienone is 4. The van der Waals surface area contributed by atoms with E-state index >= 15 is 0 Å². The van der Waals surface area contributed by atoms with Gasteiger partial charge in [0, 0.05) is 12.0 Å². The minimum atomic E-state index is -0.685. The Bertz CT molecular complexity index is 475. The summed E-state index contributed by atoms with van der Waals surface area (Å²) in [6.45, 7) is 7.04. The van der Waals surface area contributed by atoms with Crippen LogP contribution >= 0.6 is 0 Å². The van der Waals surface area contributed by atoms with Gasteiger partial charge >= 0.3 is 0 Å². The van der Waals surface area contributed by atoms with E-state index in [2.05, 4.69) is 23.8 Å². The standard InChI is InChI=1S/C14H16N2O3/c1-3-5-7-10(6-4-2)13(18)15-11-8-9-12(17)16-14(11)19/h3-7,11H,1-2,8-9H2,(H,15,18)(H,16,17,19)/b7-5?,10-6+. The van der Waals surface area contributed by atoms with Crippen LogP contribution < -0.4 is 10.6 Å². The second-order valence-electron chi connectivity index (χ2n) is 3.93. The highest BCUT2D eigenvalue weighted by Gasteiger charge is 2.28. The molecule has 5 heteroatoms. The Morgan fingerprint density at radius 3 is 2.63 bits per heavy atom. The van der Waals surface area contributed by atoms with Gasteiger partial charge in [-0.05, 0) is 12.5 Å². The van der Waals surface area contributed by atoms with Crippen molar-refractivity contribution in [3.8, 4) is 0 Å². The third kappa shape index (κ3) is 4.39. The SMILES string of the molecule is C=CC=C/C(=C\C=C)C(=O)NC1CCC(=O)NC1=O. The molecule has 1 aliphatic rings. The van der Waals surface area contributed by atoms with Gasteiger partial charge in [-0.25, -0.2) is 0 Å². The Morgan fingerprint density at radius 1 is 1.32 bits per heavy atom. The van der Waals surface area contributed by atoms with Crippen molar-refractivity contribution in [1.29, 1.82) is 0 Å². The number of rotatable bonds is 5. The fraction of sp³-hybridized carbons (Fsp3) is 0.214. The van der Waals surface area contributed by atoms with Gasteiger partial charge in [-0.2, -0.15) is 0 Å². The minimum Gasteiger partial charge on any atom is -0.340 e. The third-order valence-corrected chi connectivity index (χ3v) is 2.52. The van der Waals surface area contributed by atoms with Gasteiger partial charge < -0.3 is 5.32 Å². The lowest BCUT2D eigenvalue weighted by molar-refractivity contribution is -0.136. The van der Waals surface area contributed by atoms with Crippen molar-refractivity contribution in [1.82, 2.24) is 10.6 Å². The lowest BCUT2D eigenvalue weighted by Gasteiger charge is -2.21. The van der Waals surface area contributed by atoms with E-state index in [9.17, 15) is 14.4 Å². The lowest BCUT2D eigenvalue weighted by Crippen LogP contribution is -2.52. The number of hydrogen-bond acceptors (Lipinski definition) is 3. The molecule has 1 unspecified atom stereocenters. The smallest absolute Gasteiger partial charge is 0.251 e. The number of hydrogen-bond donors (Lipinski definition) is 2. The topological polar surface area (TPSA) is 75.3 Å². The van der Waals surface area contributed by atoms with Crippen molar-refractivity contribution in [3.63, 3.8) is 0 Å². The largest absolute Gasteiger partial charge is 0.340 e. The summed E-state index contributed by atoms with van der Waals surface area (Å²) in [5, 5.41) is 4.76. The fourth-order valence-electron chi connectivity index (χ4n) is 1.58. The van der Waals surface area contributed by atoms with Crippen molar-refractivity contribution < 1.29 is 14.4 Å². The molecule has 0 saturated carbocycles. The van der Waals surface area contributed by atoms with Crippen LogP contribution in [0, 0.1) is 0 Å². The number of nitrogens with one attached hydrogen (secondary N) is 2. The van der Waals surface area contributed by atoms with E-state index in [0.717, 1.165) is 0 Å². The van der Waals surface area contributed by atoms with Gasteiger partial charge in [-0.3, -0.25) is 19.7 Å². The molecule has 1 atom stereocenters. The van der Waals surface area contributed by atoms with E-state index in [-0.39, 0.29) is 12.3 Å². The number of piperidine rings is 1. The lowest BCUT2D eigenvalue weighted by atomic mass is 10.1. The number of imide groups is 1. The molecule has 1 saturated heterocycles. The van der Waals surface area contributed by atoms with E-state index in [1.54, 1.807) is 12.2 Å². The Balaban J connectivity index is 2.71. The summed E-state index contributed by atoms with van der Waals surface area (Å²) in [6, 6.07) is -0.685. The van der Waals surface area contributed by atoms with Crippen LogP contribution in [0.5, 0.6) is 0 Å². The second kappa shape index (κ2) is 7.10. The van der Waals surface area contributed by atoms with E-state index in [0.29, 0.717) is 12.0 Å². The van der Waals surface area contributed by atoms with Crippen molar-refractivity contribution in [2.24, 2.45) is 0 Å². The molecular formula is C14H16N2O3. The maximum atomic E-state index is 12.0. The van der Waals surface area contributed by atoms with Gasteiger partial charge in [0.15, 0.2) is 0 Å². The average molecular weight is 260 g/mol. The van der Waals surface area contributed by atoms with Crippen LogP contribution in [-0.4, -0.2) is 23.8 Å². The van der Waals surface area contributed by atoms with Crippen molar-refractivity contribution in [3.05, 3.63) is 49.1 Å². The van der Waals surface area contributed by atoms with E-state index < -0.39 is 17.9 Å². The summed E-state index contributed by atoms with van der Waals surface area (Å²) in [5.41, 5.74) is 0.361. The summed E-state index contributed by atoms with van der Waals surface area (Å²) in [6.07, 6.45) is 8.25. The second-order valence-corrected chi connectivity index (χ2v) is 3.93. The number of amides is 3. The van der Waals surface area contributed by atoms with Crippen molar-refractivity contribution in [2.75, 3.05) is 0 Å². The molecule has 1 heterocycles. The molecule has 0 aromatic heterocycles. The zero-order chi connectivity index (χ0) is 14.3. The molecule has 0 aliphatic carbocycles. The highest BCUT2D eigenvalue weighted by Crippen LogP contribution is 2.06.